The van der Waals surface area contributed by atoms with E-state index in [9.17, 15) is 9.59 Å². The van der Waals surface area contributed by atoms with Crippen LogP contribution in [0.25, 0.3) is 32.7 Å². The maximum absolute atomic E-state index is 14.6. The molecule has 0 radical (unpaired) electrons. The largest absolute Gasteiger partial charge is 0.496 e. The maximum atomic E-state index is 14.6. The van der Waals surface area contributed by atoms with E-state index in [0.717, 1.165) is 21.8 Å². The van der Waals surface area contributed by atoms with Gasteiger partial charge in [0.25, 0.3) is 5.56 Å². The second kappa shape index (κ2) is 9.27. The monoisotopic (exact) mass is 515 g/mol. The van der Waals surface area contributed by atoms with Gasteiger partial charge in [-0.05, 0) is 58.0 Å². The van der Waals surface area contributed by atoms with E-state index in [1.165, 1.54) is 0 Å². The number of nitrogens with one attached hydrogen (secondary N) is 1. The summed E-state index contributed by atoms with van der Waals surface area (Å²) in [5.74, 6) is 0.232. The fraction of sp³-hybridized carbons (Fsp3) is 0.267. The summed E-state index contributed by atoms with van der Waals surface area (Å²) in [6.07, 6.45) is 0. The highest BCUT2D eigenvalue weighted by molar-refractivity contribution is 6.32. The van der Waals surface area contributed by atoms with Gasteiger partial charge < -0.3 is 14.6 Å². The van der Waals surface area contributed by atoms with Crippen molar-refractivity contribution in [2.75, 3.05) is 7.11 Å². The van der Waals surface area contributed by atoms with Gasteiger partial charge in [0.1, 0.15) is 11.8 Å². The van der Waals surface area contributed by atoms with Crippen LogP contribution in [0, 0.1) is 0 Å². The summed E-state index contributed by atoms with van der Waals surface area (Å²) in [6.45, 7) is 8.49. The molecule has 2 heterocycles. The Kier molecular flexibility index (Phi) is 6.24. The molecule has 190 valence electrons. The van der Waals surface area contributed by atoms with Crippen molar-refractivity contribution in [3.8, 4) is 5.75 Å². The Morgan fingerprint density at radius 3 is 2.41 bits per heavy atom. The third kappa shape index (κ3) is 4.15. The Bertz CT molecular complexity index is 1730. The molecular formula is C30H30ClN3O3. The number of carbonyl (C=O) groups excluding carboxylic acids is 1. The number of halogens is 1. The summed E-state index contributed by atoms with van der Waals surface area (Å²) in [5.41, 5.74) is 2.25. The molecule has 0 spiro atoms. The molecule has 0 aliphatic rings. The summed E-state index contributed by atoms with van der Waals surface area (Å²) in [5, 5.41) is 5.86. The highest BCUT2D eigenvalue weighted by Crippen LogP contribution is 2.36. The van der Waals surface area contributed by atoms with E-state index < -0.39 is 11.6 Å². The van der Waals surface area contributed by atoms with E-state index in [0.29, 0.717) is 33.8 Å². The van der Waals surface area contributed by atoms with Gasteiger partial charge in [-0.2, -0.15) is 0 Å². The van der Waals surface area contributed by atoms with Gasteiger partial charge in [0, 0.05) is 39.0 Å². The number of para-hydroxylation sites is 2. The first-order chi connectivity index (χ1) is 17.7. The van der Waals surface area contributed by atoms with Crippen LogP contribution in [-0.4, -0.2) is 27.7 Å². The summed E-state index contributed by atoms with van der Waals surface area (Å²) >= 11 is 6.50. The first kappa shape index (κ1) is 24.9. The molecule has 1 amide bonds. The number of amides is 1. The van der Waals surface area contributed by atoms with Gasteiger partial charge in [-0.1, -0.05) is 48.0 Å². The first-order valence-corrected chi connectivity index (χ1v) is 12.7. The maximum Gasteiger partial charge on any atom is 0.262 e. The minimum absolute atomic E-state index is 0.242. The number of aromatic nitrogens is 2. The van der Waals surface area contributed by atoms with Crippen LogP contribution in [0.1, 0.15) is 39.3 Å². The normalized spacial score (nSPS) is 12.8. The number of pyridine rings is 1. The lowest BCUT2D eigenvalue weighted by Crippen LogP contribution is -2.46. The van der Waals surface area contributed by atoms with Gasteiger partial charge in [0.05, 0.1) is 23.5 Å². The second-order valence-electron chi connectivity index (χ2n) is 10.2. The number of benzene rings is 3. The lowest BCUT2D eigenvalue weighted by Gasteiger charge is -2.28. The van der Waals surface area contributed by atoms with E-state index in [1.807, 2.05) is 75.4 Å². The molecule has 5 rings (SSSR count). The second-order valence-corrected chi connectivity index (χ2v) is 10.6. The molecule has 7 heteroatoms. The van der Waals surface area contributed by atoms with Gasteiger partial charge >= 0.3 is 0 Å². The van der Waals surface area contributed by atoms with Crippen LogP contribution in [0.3, 0.4) is 0 Å². The molecule has 1 N–H and O–H groups in total. The van der Waals surface area contributed by atoms with Crippen LogP contribution in [0.4, 0.5) is 0 Å². The minimum Gasteiger partial charge on any atom is -0.496 e. The molecule has 0 fully saturated rings. The molecule has 1 atom stereocenters. The smallest absolute Gasteiger partial charge is 0.262 e. The van der Waals surface area contributed by atoms with Crippen LogP contribution in [-0.2, 0) is 11.3 Å². The lowest BCUT2D eigenvalue weighted by atomic mass is 10.00. The number of nitrogens with zero attached hydrogens (tertiary/aromatic N) is 2. The van der Waals surface area contributed by atoms with Crippen LogP contribution in [0.2, 0.25) is 5.02 Å². The third-order valence-electron chi connectivity index (χ3n) is 6.63. The summed E-state index contributed by atoms with van der Waals surface area (Å²) < 4.78 is 9.40. The quantitative estimate of drug-likeness (QED) is 0.299. The molecule has 37 heavy (non-hydrogen) atoms. The van der Waals surface area contributed by atoms with Crippen molar-refractivity contribution in [3.63, 3.8) is 0 Å². The van der Waals surface area contributed by atoms with E-state index in [1.54, 1.807) is 23.8 Å². The van der Waals surface area contributed by atoms with E-state index in [2.05, 4.69) is 16.8 Å². The van der Waals surface area contributed by atoms with E-state index >= 15 is 0 Å². The molecule has 6 nitrogen and oxygen atoms in total. The number of ether oxygens (including phenoxy) is 1. The Labute approximate surface area is 220 Å². The Morgan fingerprint density at radius 2 is 1.70 bits per heavy atom. The number of carbonyl (C=O) groups is 1. The predicted octanol–water partition coefficient (Wildman–Crippen LogP) is 6.30. The molecule has 0 saturated heterocycles. The van der Waals surface area contributed by atoms with Gasteiger partial charge in [0.2, 0.25) is 5.91 Å². The molecular weight excluding hydrogens is 486 g/mol. The Balaban J connectivity index is 1.99. The van der Waals surface area contributed by atoms with Crippen molar-refractivity contribution in [2.24, 2.45) is 0 Å². The Hall–Kier alpha value is -3.77. The fourth-order valence-corrected chi connectivity index (χ4v) is 5.42. The molecule has 5 aromatic rings. The van der Waals surface area contributed by atoms with Crippen LogP contribution in [0.5, 0.6) is 5.75 Å². The number of fused-ring (bicyclic) bond motifs is 5. The minimum atomic E-state index is -0.973. The highest BCUT2D eigenvalue weighted by Gasteiger charge is 2.32. The Morgan fingerprint density at radius 1 is 1.00 bits per heavy atom. The zero-order valence-electron chi connectivity index (χ0n) is 21.6. The van der Waals surface area contributed by atoms with Crippen molar-refractivity contribution in [2.45, 2.75) is 45.8 Å². The molecule has 1 unspecified atom stereocenters. The van der Waals surface area contributed by atoms with Gasteiger partial charge in [-0.3, -0.25) is 14.2 Å². The van der Waals surface area contributed by atoms with Crippen molar-refractivity contribution >= 4 is 50.2 Å². The van der Waals surface area contributed by atoms with Crippen molar-refractivity contribution in [3.05, 3.63) is 87.7 Å². The average molecular weight is 516 g/mol. The predicted molar refractivity (Wildman–Crippen MR) is 151 cm³/mol. The molecule has 0 aliphatic heterocycles. The van der Waals surface area contributed by atoms with Gasteiger partial charge in [0.15, 0.2) is 0 Å². The number of hydrogen-bond donors (Lipinski definition) is 1. The number of hydrogen-bond acceptors (Lipinski definition) is 3. The zero-order chi connectivity index (χ0) is 26.5. The molecule has 2 aromatic heterocycles. The molecule has 0 saturated carbocycles. The third-order valence-corrected chi connectivity index (χ3v) is 6.87. The van der Waals surface area contributed by atoms with Crippen LogP contribution in [0.15, 0.2) is 71.5 Å². The summed E-state index contributed by atoms with van der Waals surface area (Å²) in [7, 11) is 1.57. The van der Waals surface area contributed by atoms with Crippen LogP contribution < -0.4 is 15.6 Å². The van der Waals surface area contributed by atoms with Crippen molar-refractivity contribution < 1.29 is 9.53 Å². The first-order valence-electron chi connectivity index (χ1n) is 12.4. The number of aryl methyl sites for hydroxylation is 1. The van der Waals surface area contributed by atoms with Crippen molar-refractivity contribution in [1.29, 1.82) is 0 Å². The summed E-state index contributed by atoms with van der Waals surface area (Å²) in [4.78, 5) is 28.5. The van der Waals surface area contributed by atoms with Gasteiger partial charge in [-0.25, -0.2) is 0 Å². The zero-order valence-corrected chi connectivity index (χ0v) is 22.4. The van der Waals surface area contributed by atoms with Crippen molar-refractivity contribution in [1.82, 2.24) is 14.5 Å². The van der Waals surface area contributed by atoms with Gasteiger partial charge in [-0.15, -0.1) is 0 Å². The molecule has 0 aliphatic carbocycles. The fourth-order valence-electron chi connectivity index (χ4n) is 5.25. The number of rotatable bonds is 5. The topological polar surface area (TPSA) is 65.3 Å². The average Bonchev–Trinajstić information content (AvgIpc) is 3.20. The lowest BCUT2D eigenvalue weighted by molar-refractivity contribution is -0.124. The highest BCUT2D eigenvalue weighted by atomic mass is 35.5. The molecule has 3 aromatic carbocycles. The summed E-state index contributed by atoms with van der Waals surface area (Å²) in [6, 6.07) is 19.7. The molecule has 0 bridgehead atoms. The van der Waals surface area contributed by atoms with E-state index in [4.69, 9.17) is 16.3 Å². The van der Waals surface area contributed by atoms with Crippen LogP contribution >= 0.6 is 11.6 Å². The SMILES string of the molecule is CCn1c2ccccc2c2c(=O)n(C(C(=O)NC(C)(C)C)c3ccccc3OC)c3ccc(Cl)cc3c21. The number of methoxy groups -OCH3 is 1. The standard InChI is InChI=1S/C30H30ClN3O3/c1-6-33-22-13-9-7-11-19(22)25-26(33)21-17-18(31)15-16-23(21)34(29(25)36)27(28(35)32-30(2,3)4)20-12-8-10-14-24(20)37-5/h7-17,27H,6H2,1-5H3,(H,32,35). The van der Waals surface area contributed by atoms with E-state index in [-0.39, 0.29) is 11.5 Å².